The van der Waals surface area contributed by atoms with Gasteiger partial charge < -0.3 is 5.32 Å². The molecule has 0 radical (unpaired) electrons. The van der Waals surface area contributed by atoms with Gasteiger partial charge in [-0.05, 0) is 25.5 Å². The Bertz CT molecular complexity index is 485. The molecule has 0 aliphatic carbocycles. The molecule has 0 spiro atoms. The van der Waals surface area contributed by atoms with Crippen molar-refractivity contribution in [1.82, 2.24) is 10.2 Å². The molecule has 7 heteroatoms. The van der Waals surface area contributed by atoms with E-state index in [0.717, 1.165) is 25.2 Å². The first-order chi connectivity index (χ1) is 8.99. The maximum Gasteiger partial charge on any atom is 0.287 e. The zero-order valence-corrected chi connectivity index (χ0v) is 13.1. The molecule has 1 aliphatic rings. The maximum atomic E-state index is 10.7. The maximum absolute atomic E-state index is 10.7. The average molecular weight is 320 g/mol. The Morgan fingerprint density at radius 3 is 2.80 bits per heavy atom. The smallest absolute Gasteiger partial charge is 0.287 e. The standard InChI is InChI=1S/C13H18ClN3O2.ClH/c1-9-10(2)16(6-5-15-9)8-11-3-4-13(17(18)19)12(14)7-11;/h3-4,7,9-10,15H,5-6,8H2,1-2H3;1H. The predicted octanol–water partition coefficient (Wildman–Crippen LogP) is 2.85. The molecule has 1 heterocycles. The molecule has 0 aromatic heterocycles. The van der Waals surface area contributed by atoms with Crippen molar-refractivity contribution < 1.29 is 4.92 Å². The zero-order valence-electron chi connectivity index (χ0n) is 11.5. The van der Waals surface area contributed by atoms with E-state index < -0.39 is 4.92 Å². The van der Waals surface area contributed by atoms with E-state index in [2.05, 4.69) is 24.1 Å². The second-order valence-corrected chi connectivity index (χ2v) is 5.40. The molecule has 2 rings (SSSR count). The van der Waals surface area contributed by atoms with Gasteiger partial charge in [0.15, 0.2) is 0 Å². The summed E-state index contributed by atoms with van der Waals surface area (Å²) in [5, 5.41) is 14.4. The molecule has 1 fully saturated rings. The fraction of sp³-hybridized carbons (Fsp3) is 0.538. The van der Waals surface area contributed by atoms with E-state index in [9.17, 15) is 10.1 Å². The third-order valence-electron chi connectivity index (χ3n) is 3.76. The van der Waals surface area contributed by atoms with E-state index in [1.54, 1.807) is 12.1 Å². The van der Waals surface area contributed by atoms with E-state index in [0.29, 0.717) is 12.1 Å². The lowest BCUT2D eigenvalue weighted by Crippen LogP contribution is -2.54. The predicted molar refractivity (Wildman–Crippen MR) is 82.7 cm³/mol. The molecule has 1 aromatic carbocycles. The summed E-state index contributed by atoms with van der Waals surface area (Å²) in [6.45, 7) is 7.06. The number of nitrogens with zero attached hydrogens (tertiary/aromatic N) is 2. The number of nitro groups is 1. The highest BCUT2D eigenvalue weighted by atomic mass is 35.5. The van der Waals surface area contributed by atoms with Gasteiger partial charge in [0.25, 0.3) is 5.69 Å². The Balaban J connectivity index is 0.00000200. The molecule has 112 valence electrons. The van der Waals surface area contributed by atoms with Gasteiger partial charge in [0.2, 0.25) is 0 Å². The minimum Gasteiger partial charge on any atom is -0.311 e. The Morgan fingerprint density at radius 2 is 2.20 bits per heavy atom. The van der Waals surface area contributed by atoms with Crippen LogP contribution in [0.25, 0.3) is 0 Å². The minimum atomic E-state index is -0.457. The van der Waals surface area contributed by atoms with Crippen molar-refractivity contribution in [1.29, 1.82) is 0 Å². The first-order valence-corrected chi connectivity index (χ1v) is 6.77. The molecule has 0 bridgehead atoms. The third kappa shape index (κ3) is 3.82. The highest BCUT2D eigenvalue weighted by Gasteiger charge is 2.24. The number of piperazine rings is 1. The second kappa shape index (κ2) is 7.22. The first-order valence-electron chi connectivity index (χ1n) is 6.39. The van der Waals surface area contributed by atoms with Crippen molar-refractivity contribution in [2.75, 3.05) is 13.1 Å². The lowest BCUT2D eigenvalue weighted by atomic mass is 10.1. The van der Waals surface area contributed by atoms with Gasteiger partial charge in [-0.25, -0.2) is 0 Å². The molecule has 1 N–H and O–H groups in total. The van der Waals surface area contributed by atoms with Gasteiger partial charge in [-0.1, -0.05) is 17.7 Å². The van der Waals surface area contributed by atoms with E-state index >= 15 is 0 Å². The summed E-state index contributed by atoms with van der Waals surface area (Å²) in [6.07, 6.45) is 0. The number of benzene rings is 1. The van der Waals surface area contributed by atoms with Crippen molar-refractivity contribution in [3.8, 4) is 0 Å². The Hall–Kier alpha value is -0.880. The van der Waals surface area contributed by atoms with Crippen molar-refractivity contribution in [3.05, 3.63) is 38.9 Å². The number of nitro benzene ring substituents is 1. The van der Waals surface area contributed by atoms with Gasteiger partial charge in [-0.2, -0.15) is 0 Å². The van der Waals surface area contributed by atoms with E-state index in [1.807, 2.05) is 0 Å². The fourth-order valence-electron chi connectivity index (χ4n) is 2.38. The summed E-state index contributed by atoms with van der Waals surface area (Å²) in [5.74, 6) is 0. The molecule has 5 nitrogen and oxygen atoms in total. The summed E-state index contributed by atoms with van der Waals surface area (Å²) < 4.78 is 0. The lowest BCUT2D eigenvalue weighted by Gasteiger charge is -2.38. The molecule has 1 saturated heterocycles. The van der Waals surface area contributed by atoms with Crippen LogP contribution < -0.4 is 5.32 Å². The van der Waals surface area contributed by atoms with E-state index in [4.69, 9.17) is 11.6 Å². The van der Waals surface area contributed by atoms with E-state index in [1.165, 1.54) is 6.07 Å². The van der Waals surface area contributed by atoms with Crippen LogP contribution in [0.3, 0.4) is 0 Å². The zero-order chi connectivity index (χ0) is 14.0. The van der Waals surface area contributed by atoms with Crippen molar-refractivity contribution >= 4 is 29.7 Å². The molecule has 0 amide bonds. The van der Waals surface area contributed by atoms with Gasteiger partial charge in [0, 0.05) is 37.8 Å². The van der Waals surface area contributed by atoms with Gasteiger partial charge in [0.05, 0.1) is 4.92 Å². The van der Waals surface area contributed by atoms with Crippen LogP contribution in [0.2, 0.25) is 5.02 Å². The number of hydrogen-bond donors (Lipinski definition) is 1. The summed E-state index contributed by atoms with van der Waals surface area (Å²) in [6, 6.07) is 5.83. The molecule has 2 atom stereocenters. The Labute approximate surface area is 129 Å². The van der Waals surface area contributed by atoms with Crippen LogP contribution in [0, 0.1) is 10.1 Å². The molecule has 1 aliphatic heterocycles. The molecule has 2 unspecified atom stereocenters. The summed E-state index contributed by atoms with van der Waals surface area (Å²) >= 11 is 5.93. The van der Waals surface area contributed by atoms with E-state index in [-0.39, 0.29) is 23.1 Å². The number of rotatable bonds is 3. The fourth-order valence-corrected chi connectivity index (χ4v) is 2.65. The monoisotopic (exact) mass is 319 g/mol. The highest BCUT2D eigenvalue weighted by molar-refractivity contribution is 6.32. The van der Waals surface area contributed by atoms with Gasteiger partial charge in [-0.15, -0.1) is 12.4 Å². The molecular formula is C13H19Cl2N3O2. The molecular weight excluding hydrogens is 301 g/mol. The van der Waals surface area contributed by atoms with Crippen molar-refractivity contribution in [2.24, 2.45) is 0 Å². The number of nitrogens with one attached hydrogen (secondary N) is 1. The lowest BCUT2D eigenvalue weighted by molar-refractivity contribution is -0.384. The molecule has 20 heavy (non-hydrogen) atoms. The van der Waals surface area contributed by atoms with Crippen molar-refractivity contribution in [2.45, 2.75) is 32.5 Å². The Morgan fingerprint density at radius 1 is 1.50 bits per heavy atom. The van der Waals surface area contributed by atoms with Gasteiger partial charge in [-0.3, -0.25) is 15.0 Å². The highest BCUT2D eigenvalue weighted by Crippen LogP contribution is 2.26. The largest absolute Gasteiger partial charge is 0.311 e. The van der Waals surface area contributed by atoms with Crippen LogP contribution in [-0.4, -0.2) is 35.0 Å². The quantitative estimate of drug-likeness (QED) is 0.687. The average Bonchev–Trinajstić information content (AvgIpc) is 2.34. The van der Waals surface area contributed by atoms with Crippen LogP contribution in [0.1, 0.15) is 19.4 Å². The summed E-state index contributed by atoms with van der Waals surface area (Å²) in [5.41, 5.74) is 0.976. The van der Waals surface area contributed by atoms with Crippen molar-refractivity contribution in [3.63, 3.8) is 0 Å². The normalized spacial score (nSPS) is 23.1. The van der Waals surface area contributed by atoms with Gasteiger partial charge >= 0.3 is 0 Å². The molecule has 0 saturated carbocycles. The SMILES string of the molecule is CC1NCCN(Cc2ccc([N+](=O)[O-])c(Cl)c2)C1C.Cl. The topological polar surface area (TPSA) is 58.4 Å². The van der Waals surface area contributed by atoms with Crippen LogP contribution in [0.15, 0.2) is 18.2 Å². The van der Waals surface area contributed by atoms with Crippen LogP contribution >= 0.6 is 24.0 Å². The number of hydrogen-bond acceptors (Lipinski definition) is 4. The summed E-state index contributed by atoms with van der Waals surface area (Å²) in [4.78, 5) is 12.6. The second-order valence-electron chi connectivity index (χ2n) is 5.00. The van der Waals surface area contributed by atoms with Gasteiger partial charge in [0.1, 0.15) is 5.02 Å². The van der Waals surface area contributed by atoms with Crippen LogP contribution in [0.5, 0.6) is 0 Å². The summed E-state index contributed by atoms with van der Waals surface area (Å²) in [7, 11) is 0. The van der Waals surface area contributed by atoms with Crippen LogP contribution in [0.4, 0.5) is 5.69 Å². The minimum absolute atomic E-state index is 0. The number of halogens is 2. The third-order valence-corrected chi connectivity index (χ3v) is 4.06. The Kier molecular flexibility index (Phi) is 6.20. The van der Waals surface area contributed by atoms with Crippen LogP contribution in [-0.2, 0) is 6.54 Å². The first kappa shape index (κ1) is 17.2. The molecule has 1 aromatic rings.